The highest BCUT2D eigenvalue weighted by atomic mass is 16.5. The lowest BCUT2D eigenvalue weighted by Crippen LogP contribution is -2.27. The number of nitriles is 1. The van der Waals surface area contributed by atoms with Crippen LogP contribution in [0.4, 0.5) is 11.5 Å². The molecule has 2 unspecified atom stereocenters. The Morgan fingerprint density at radius 1 is 1.39 bits per heavy atom. The minimum Gasteiger partial charge on any atom is -0.396 e. The Hall–Kier alpha value is -1.84. The minimum atomic E-state index is 0.00634. The van der Waals surface area contributed by atoms with Crippen LogP contribution < -0.4 is 10.6 Å². The van der Waals surface area contributed by atoms with E-state index in [0.717, 1.165) is 0 Å². The van der Waals surface area contributed by atoms with Crippen molar-refractivity contribution < 1.29 is 9.47 Å². The van der Waals surface area contributed by atoms with E-state index < -0.39 is 0 Å². The van der Waals surface area contributed by atoms with Gasteiger partial charge >= 0.3 is 0 Å². The van der Waals surface area contributed by atoms with Gasteiger partial charge in [-0.15, -0.1) is 0 Å². The summed E-state index contributed by atoms with van der Waals surface area (Å²) in [5.74, 6) is 0.676. The van der Waals surface area contributed by atoms with Gasteiger partial charge in [0.05, 0.1) is 11.3 Å². The van der Waals surface area contributed by atoms with Crippen LogP contribution in [0.2, 0.25) is 0 Å². The third-order valence-electron chi connectivity index (χ3n) is 3.14. The van der Waals surface area contributed by atoms with Gasteiger partial charge in [0.2, 0.25) is 0 Å². The maximum absolute atomic E-state index is 8.78. The Labute approximate surface area is 106 Å². The molecule has 0 saturated carbocycles. The zero-order chi connectivity index (χ0) is 13.1. The van der Waals surface area contributed by atoms with E-state index in [4.69, 9.17) is 20.5 Å². The summed E-state index contributed by atoms with van der Waals surface area (Å²) in [6.07, 6.45) is 1.53. The van der Waals surface area contributed by atoms with Crippen LogP contribution >= 0.6 is 0 Å². The summed E-state index contributed by atoms with van der Waals surface area (Å²) >= 11 is 0. The van der Waals surface area contributed by atoms with Crippen LogP contribution in [0.3, 0.4) is 0 Å². The van der Waals surface area contributed by atoms with Crippen molar-refractivity contribution >= 4 is 11.5 Å². The van der Waals surface area contributed by atoms with Crippen LogP contribution in [0, 0.1) is 11.3 Å². The van der Waals surface area contributed by atoms with Crippen LogP contribution in [0.1, 0.15) is 5.56 Å². The Balaban J connectivity index is 2.21. The SMILES string of the molecule is COC1CN(c2ncc(C#N)cc2N)CC1OC. The van der Waals surface area contributed by atoms with Gasteiger partial charge in [0, 0.05) is 33.5 Å². The highest BCUT2D eigenvalue weighted by molar-refractivity contribution is 5.65. The van der Waals surface area contributed by atoms with Crippen molar-refractivity contribution in [3.8, 4) is 6.07 Å². The third-order valence-corrected chi connectivity index (χ3v) is 3.14. The molecule has 0 aliphatic carbocycles. The first-order valence-corrected chi connectivity index (χ1v) is 5.65. The fourth-order valence-electron chi connectivity index (χ4n) is 2.17. The van der Waals surface area contributed by atoms with E-state index in [1.165, 1.54) is 6.20 Å². The number of nitrogens with zero attached hydrogens (tertiary/aromatic N) is 3. The van der Waals surface area contributed by atoms with Crippen LogP contribution in [-0.4, -0.2) is 44.5 Å². The normalized spacial score (nSPS) is 23.1. The lowest BCUT2D eigenvalue weighted by atomic mass is 10.2. The van der Waals surface area contributed by atoms with Gasteiger partial charge < -0.3 is 20.1 Å². The lowest BCUT2D eigenvalue weighted by molar-refractivity contribution is -0.00461. The Morgan fingerprint density at radius 3 is 2.44 bits per heavy atom. The molecule has 0 amide bonds. The molecule has 0 bridgehead atoms. The standard InChI is InChI=1S/C12H16N4O2/c1-17-10-6-16(7-11(10)18-2)12-9(14)3-8(4-13)5-15-12/h3,5,10-11H,6-7,14H2,1-2H3. The number of methoxy groups -OCH3 is 2. The van der Waals surface area contributed by atoms with Crippen molar-refractivity contribution in [2.75, 3.05) is 37.9 Å². The highest BCUT2D eigenvalue weighted by Crippen LogP contribution is 2.26. The summed E-state index contributed by atoms with van der Waals surface area (Å²) in [5.41, 5.74) is 6.87. The van der Waals surface area contributed by atoms with E-state index >= 15 is 0 Å². The van der Waals surface area contributed by atoms with Crippen molar-refractivity contribution in [3.63, 3.8) is 0 Å². The summed E-state index contributed by atoms with van der Waals surface area (Å²) in [7, 11) is 3.32. The summed E-state index contributed by atoms with van der Waals surface area (Å²) in [6, 6.07) is 3.64. The third kappa shape index (κ3) is 2.23. The van der Waals surface area contributed by atoms with Gasteiger partial charge in [-0.3, -0.25) is 0 Å². The number of pyridine rings is 1. The molecule has 0 aromatic carbocycles. The van der Waals surface area contributed by atoms with Gasteiger partial charge in [0.15, 0.2) is 5.82 Å². The molecule has 0 spiro atoms. The first-order chi connectivity index (χ1) is 8.69. The number of hydrogen-bond acceptors (Lipinski definition) is 6. The smallest absolute Gasteiger partial charge is 0.152 e. The van der Waals surface area contributed by atoms with Gasteiger partial charge in [-0.1, -0.05) is 0 Å². The van der Waals surface area contributed by atoms with Crippen molar-refractivity contribution in [2.24, 2.45) is 0 Å². The zero-order valence-electron chi connectivity index (χ0n) is 10.5. The molecule has 6 nitrogen and oxygen atoms in total. The fourth-order valence-corrected chi connectivity index (χ4v) is 2.17. The molecule has 6 heteroatoms. The fraction of sp³-hybridized carbons (Fsp3) is 0.500. The van der Waals surface area contributed by atoms with Gasteiger partial charge in [0.1, 0.15) is 18.3 Å². The molecular weight excluding hydrogens is 232 g/mol. The highest BCUT2D eigenvalue weighted by Gasteiger charge is 2.34. The molecule has 96 valence electrons. The van der Waals surface area contributed by atoms with E-state index in [0.29, 0.717) is 30.2 Å². The van der Waals surface area contributed by atoms with Crippen LogP contribution in [0.15, 0.2) is 12.3 Å². The van der Waals surface area contributed by atoms with Crippen LogP contribution in [0.25, 0.3) is 0 Å². The zero-order valence-corrected chi connectivity index (χ0v) is 10.5. The number of nitrogen functional groups attached to an aromatic ring is 1. The van der Waals surface area contributed by atoms with E-state index in [1.807, 2.05) is 11.0 Å². The van der Waals surface area contributed by atoms with Crippen LogP contribution in [-0.2, 0) is 9.47 Å². The van der Waals surface area contributed by atoms with Crippen molar-refractivity contribution in [1.29, 1.82) is 5.26 Å². The molecule has 2 N–H and O–H groups in total. The molecule has 2 heterocycles. The molecular formula is C12H16N4O2. The molecule has 1 aliphatic rings. The first-order valence-electron chi connectivity index (χ1n) is 5.65. The second-order valence-corrected chi connectivity index (χ2v) is 4.20. The number of anilines is 2. The molecule has 18 heavy (non-hydrogen) atoms. The second kappa shape index (κ2) is 5.21. The van der Waals surface area contributed by atoms with E-state index in [2.05, 4.69) is 4.98 Å². The molecule has 1 fully saturated rings. The largest absolute Gasteiger partial charge is 0.396 e. The summed E-state index contributed by atoms with van der Waals surface area (Å²) < 4.78 is 10.7. The predicted molar refractivity (Wildman–Crippen MR) is 67.2 cm³/mol. The van der Waals surface area contributed by atoms with E-state index in [-0.39, 0.29) is 12.2 Å². The molecule has 1 aromatic heterocycles. The topological polar surface area (TPSA) is 84.4 Å². The number of aromatic nitrogens is 1. The Bertz CT molecular complexity index is 460. The van der Waals surface area contributed by atoms with Crippen molar-refractivity contribution in [2.45, 2.75) is 12.2 Å². The van der Waals surface area contributed by atoms with Gasteiger partial charge in [0.25, 0.3) is 0 Å². The van der Waals surface area contributed by atoms with Crippen molar-refractivity contribution in [1.82, 2.24) is 4.98 Å². The lowest BCUT2D eigenvalue weighted by Gasteiger charge is -2.18. The first kappa shape index (κ1) is 12.6. The summed E-state index contributed by atoms with van der Waals surface area (Å²) in [4.78, 5) is 6.25. The van der Waals surface area contributed by atoms with E-state index in [9.17, 15) is 0 Å². The summed E-state index contributed by atoms with van der Waals surface area (Å²) in [6.45, 7) is 1.36. The molecule has 1 saturated heterocycles. The van der Waals surface area contributed by atoms with Crippen LogP contribution in [0.5, 0.6) is 0 Å². The van der Waals surface area contributed by atoms with E-state index in [1.54, 1.807) is 20.3 Å². The van der Waals surface area contributed by atoms with Gasteiger partial charge in [-0.05, 0) is 6.07 Å². The quantitative estimate of drug-likeness (QED) is 0.832. The Morgan fingerprint density at radius 2 is 2.00 bits per heavy atom. The average molecular weight is 248 g/mol. The molecule has 2 rings (SSSR count). The molecule has 2 atom stereocenters. The maximum Gasteiger partial charge on any atom is 0.152 e. The number of ether oxygens (including phenoxy) is 2. The number of nitrogens with two attached hydrogens (primary N) is 1. The minimum absolute atomic E-state index is 0.00634. The van der Waals surface area contributed by atoms with Gasteiger partial charge in [-0.25, -0.2) is 4.98 Å². The Kier molecular flexibility index (Phi) is 3.65. The van der Waals surface area contributed by atoms with Gasteiger partial charge in [-0.2, -0.15) is 5.26 Å². The predicted octanol–water partition coefficient (Wildman–Crippen LogP) is 0.385. The summed E-state index contributed by atoms with van der Waals surface area (Å²) in [5, 5.41) is 8.78. The van der Waals surface area contributed by atoms with Crippen molar-refractivity contribution in [3.05, 3.63) is 17.8 Å². The average Bonchev–Trinajstić information content (AvgIpc) is 2.81. The molecule has 0 radical (unpaired) electrons. The second-order valence-electron chi connectivity index (χ2n) is 4.20. The number of hydrogen-bond donors (Lipinski definition) is 1. The monoisotopic (exact) mass is 248 g/mol. The molecule has 1 aliphatic heterocycles. The number of rotatable bonds is 3. The maximum atomic E-state index is 8.78. The molecule has 1 aromatic rings.